The predicted molar refractivity (Wildman–Crippen MR) is 113 cm³/mol. The smallest absolute Gasteiger partial charge is 0.261 e. The fourth-order valence-electron chi connectivity index (χ4n) is 2.79. The summed E-state index contributed by atoms with van der Waals surface area (Å²) < 4.78 is 43.1. The third-order valence-corrected chi connectivity index (χ3v) is 6.03. The molecule has 3 N–H and O–H groups in total. The lowest BCUT2D eigenvalue weighted by molar-refractivity contribution is 0.0953. The number of benzene rings is 2. The number of carbonyl (C=O) groups excluding carboxylic acids is 1. The largest absolute Gasteiger partial charge is 0.352 e. The minimum Gasteiger partial charge on any atom is -0.352 e. The van der Waals surface area contributed by atoms with E-state index in [2.05, 4.69) is 20.2 Å². The van der Waals surface area contributed by atoms with Gasteiger partial charge in [-0.2, -0.15) is 5.10 Å². The third-order valence-electron chi connectivity index (χ3n) is 4.33. The molecule has 2 aromatic carbocycles. The van der Waals surface area contributed by atoms with Crippen LogP contribution in [-0.2, 0) is 23.0 Å². The van der Waals surface area contributed by atoms with E-state index in [0.717, 1.165) is 11.9 Å². The van der Waals surface area contributed by atoms with Gasteiger partial charge in [0.05, 0.1) is 10.6 Å². The van der Waals surface area contributed by atoms with E-state index in [9.17, 15) is 17.6 Å². The topological polar surface area (TPSA) is 109 Å². The molecule has 0 atom stereocenters. The Morgan fingerprint density at radius 1 is 1.20 bits per heavy atom. The molecule has 0 fully saturated rings. The van der Waals surface area contributed by atoms with Crippen LogP contribution in [0.15, 0.2) is 53.4 Å². The van der Waals surface area contributed by atoms with Crippen LogP contribution >= 0.6 is 12.2 Å². The highest BCUT2D eigenvalue weighted by Crippen LogP contribution is 2.19. The zero-order valence-electron chi connectivity index (χ0n) is 16.1. The van der Waals surface area contributed by atoms with E-state index < -0.39 is 15.8 Å². The zero-order valence-corrected chi connectivity index (χ0v) is 17.7. The van der Waals surface area contributed by atoms with Gasteiger partial charge in [0.2, 0.25) is 0 Å². The van der Waals surface area contributed by atoms with Crippen molar-refractivity contribution >= 4 is 33.8 Å². The number of carbonyl (C=O) groups is 1. The molecule has 1 amide bonds. The lowest BCUT2D eigenvalue weighted by Gasteiger charge is -2.10. The molecular formula is C19H20FN5O3S2. The number of hydrogen-bond acceptors (Lipinski definition) is 5. The maximum Gasteiger partial charge on any atom is 0.261 e. The van der Waals surface area contributed by atoms with Crippen LogP contribution in [0.25, 0.3) is 0 Å². The first kappa shape index (κ1) is 21.7. The summed E-state index contributed by atoms with van der Waals surface area (Å²) in [5, 5.41) is 9.60. The highest BCUT2D eigenvalue weighted by molar-refractivity contribution is 7.92. The maximum atomic E-state index is 13.7. The number of aromatic nitrogens is 3. The first-order chi connectivity index (χ1) is 14.3. The summed E-state index contributed by atoms with van der Waals surface area (Å²) in [6.07, 6.45) is 0.492. The lowest BCUT2D eigenvalue weighted by atomic mass is 10.2. The molecule has 0 aliphatic heterocycles. The fraction of sp³-hybridized carbons (Fsp3) is 0.211. The fourth-order valence-corrected chi connectivity index (χ4v) is 4.14. The van der Waals surface area contributed by atoms with E-state index in [1.807, 2.05) is 11.5 Å². The normalized spacial score (nSPS) is 11.3. The summed E-state index contributed by atoms with van der Waals surface area (Å²) >= 11 is 5.12. The highest BCUT2D eigenvalue weighted by Gasteiger charge is 2.17. The Morgan fingerprint density at radius 2 is 1.90 bits per heavy atom. The van der Waals surface area contributed by atoms with Gasteiger partial charge in [0.1, 0.15) is 11.6 Å². The number of H-pyrrole nitrogens is 1. The van der Waals surface area contributed by atoms with Crippen LogP contribution in [0.5, 0.6) is 0 Å². The second-order valence-corrected chi connectivity index (χ2v) is 8.37. The van der Waals surface area contributed by atoms with Gasteiger partial charge in [0.15, 0.2) is 4.77 Å². The Bertz CT molecular complexity index is 1200. The molecular weight excluding hydrogens is 429 g/mol. The van der Waals surface area contributed by atoms with Crippen LogP contribution in [-0.4, -0.2) is 35.6 Å². The number of halogens is 1. The minimum atomic E-state index is -3.98. The van der Waals surface area contributed by atoms with Crippen LogP contribution in [0.4, 0.5) is 10.1 Å². The van der Waals surface area contributed by atoms with Crippen molar-refractivity contribution in [3.63, 3.8) is 0 Å². The van der Waals surface area contributed by atoms with Crippen molar-refractivity contribution in [2.75, 3.05) is 11.3 Å². The molecule has 8 nitrogen and oxygen atoms in total. The van der Waals surface area contributed by atoms with Gasteiger partial charge in [-0.05, 0) is 55.5 Å². The second-order valence-electron chi connectivity index (χ2n) is 6.30. The number of para-hydroxylation sites is 1. The third kappa shape index (κ3) is 4.92. The maximum absolute atomic E-state index is 13.7. The summed E-state index contributed by atoms with van der Waals surface area (Å²) in [7, 11) is -3.98. The molecule has 0 saturated heterocycles. The molecule has 0 bridgehead atoms. The average Bonchev–Trinajstić information content (AvgIpc) is 3.09. The van der Waals surface area contributed by atoms with Crippen molar-refractivity contribution in [2.45, 2.75) is 24.8 Å². The van der Waals surface area contributed by atoms with E-state index in [4.69, 9.17) is 12.2 Å². The summed E-state index contributed by atoms with van der Waals surface area (Å²) in [6.45, 7) is 2.97. The van der Waals surface area contributed by atoms with Gasteiger partial charge in [-0.3, -0.25) is 14.6 Å². The molecule has 1 heterocycles. The second kappa shape index (κ2) is 9.18. The van der Waals surface area contributed by atoms with Gasteiger partial charge >= 0.3 is 0 Å². The van der Waals surface area contributed by atoms with Crippen LogP contribution in [0.1, 0.15) is 23.1 Å². The molecule has 0 radical (unpaired) electrons. The monoisotopic (exact) mass is 449 g/mol. The van der Waals surface area contributed by atoms with Crippen LogP contribution in [0.2, 0.25) is 0 Å². The number of sulfonamides is 1. The van der Waals surface area contributed by atoms with Gasteiger partial charge in [0.25, 0.3) is 15.9 Å². The number of aromatic amines is 1. The standard InChI is InChI=1S/C19H20FN5O3S2/c1-2-25-17(22-23-19(25)29)11-12-21-18(26)13-7-9-14(10-8-13)30(27,28)24-16-6-4-3-5-15(16)20/h3-10,24H,2,11-12H2,1H3,(H,21,26)(H,23,29). The molecule has 158 valence electrons. The van der Waals surface area contributed by atoms with Gasteiger partial charge in [-0.25, -0.2) is 12.8 Å². The van der Waals surface area contributed by atoms with Gasteiger partial charge in [-0.1, -0.05) is 12.1 Å². The lowest BCUT2D eigenvalue weighted by Crippen LogP contribution is -2.26. The number of nitrogens with zero attached hydrogens (tertiary/aromatic N) is 2. The molecule has 3 rings (SSSR count). The number of amides is 1. The number of nitrogens with one attached hydrogen (secondary N) is 3. The Kier molecular flexibility index (Phi) is 6.63. The van der Waals surface area contributed by atoms with Crippen molar-refractivity contribution in [1.82, 2.24) is 20.1 Å². The molecule has 1 aromatic heterocycles. The summed E-state index contributed by atoms with van der Waals surface area (Å²) in [5.74, 6) is -0.289. The van der Waals surface area contributed by atoms with Crippen molar-refractivity contribution < 1.29 is 17.6 Å². The molecule has 30 heavy (non-hydrogen) atoms. The van der Waals surface area contributed by atoms with E-state index in [1.54, 1.807) is 0 Å². The van der Waals surface area contributed by atoms with Crippen LogP contribution in [0.3, 0.4) is 0 Å². The van der Waals surface area contributed by atoms with Crippen molar-refractivity contribution in [3.8, 4) is 0 Å². The molecule has 0 aliphatic carbocycles. The molecule has 3 aromatic rings. The Labute approximate surface area is 178 Å². The molecule has 0 aliphatic rings. The van der Waals surface area contributed by atoms with E-state index in [-0.39, 0.29) is 16.5 Å². The Balaban J connectivity index is 1.62. The molecule has 0 saturated carbocycles. The number of hydrogen-bond donors (Lipinski definition) is 3. The average molecular weight is 450 g/mol. The first-order valence-electron chi connectivity index (χ1n) is 9.11. The molecule has 0 spiro atoms. The Morgan fingerprint density at radius 3 is 2.57 bits per heavy atom. The van der Waals surface area contributed by atoms with Gasteiger partial charge in [0, 0.05) is 25.1 Å². The predicted octanol–water partition coefficient (Wildman–Crippen LogP) is 2.87. The van der Waals surface area contributed by atoms with Gasteiger partial charge < -0.3 is 9.88 Å². The zero-order chi connectivity index (χ0) is 21.7. The number of rotatable bonds is 8. The molecule has 0 unspecified atom stereocenters. The van der Waals surface area contributed by atoms with Crippen molar-refractivity contribution in [3.05, 3.63) is 70.5 Å². The van der Waals surface area contributed by atoms with Gasteiger partial charge in [-0.15, -0.1) is 0 Å². The summed E-state index contributed by atoms with van der Waals surface area (Å²) in [6, 6.07) is 10.8. The number of anilines is 1. The Hall–Kier alpha value is -3.05. The SMILES string of the molecule is CCn1c(CCNC(=O)c2ccc(S(=O)(=O)Nc3ccccc3F)cc2)n[nH]c1=S. The van der Waals surface area contributed by atoms with Crippen molar-refractivity contribution in [1.29, 1.82) is 0 Å². The van der Waals surface area contributed by atoms with Crippen LogP contribution < -0.4 is 10.0 Å². The highest BCUT2D eigenvalue weighted by atomic mass is 32.2. The van der Waals surface area contributed by atoms with Crippen LogP contribution in [0, 0.1) is 10.6 Å². The van der Waals surface area contributed by atoms with E-state index in [1.165, 1.54) is 42.5 Å². The van der Waals surface area contributed by atoms with E-state index >= 15 is 0 Å². The van der Waals surface area contributed by atoms with E-state index in [0.29, 0.717) is 29.8 Å². The minimum absolute atomic E-state index is 0.0826. The quantitative estimate of drug-likeness (QED) is 0.458. The first-order valence-corrected chi connectivity index (χ1v) is 11.0. The van der Waals surface area contributed by atoms with Crippen molar-refractivity contribution in [2.24, 2.45) is 0 Å². The molecule has 11 heteroatoms. The summed E-state index contributed by atoms with van der Waals surface area (Å²) in [5.41, 5.74) is 0.151. The summed E-state index contributed by atoms with van der Waals surface area (Å²) in [4.78, 5) is 12.2.